The van der Waals surface area contributed by atoms with E-state index in [2.05, 4.69) is 24.9 Å². The molecule has 0 unspecified atom stereocenters. The quantitative estimate of drug-likeness (QED) is 0.654. The zero-order valence-corrected chi connectivity index (χ0v) is 7.95. The average Bonchev–Trinajstić information content (AvgIpc) is 2.48. The van der Waals surface area contributed by atoms with Gasteiger partial charge in [-0.1, -0.05) is 0 Å². The van der Waals surface area contributed by atoms with Crippen molar-refractivity contribution in [2.45, 2.75) is 25.9 Å². The standard InChI is InChI=1S/C11H13NO/c1-11(2)6-3-10(13-11)9-4-7-12-8-5-9/h3-5,7-8H,6H2,1-2H3. The lowest BCUT2D eigenvalue weighted by Gasteiger charge is -2.19. The Bertz CT molecular complexity index is 327. The second kappa shape index (κ2) is 2.87. The number of nitrogens with zero attached hydrogens (tertiary/aromatic N) is 1. The van der Waals surface area contributed by atoms with Crippen LogP contribution in [-0.4, -0.2) is 10.6 Å². The Morgan fingerprint density at radius 1 is 1.31 bits per heavy atom. The van der Waals surface area contributed by atoms with Crippen molar-refractivity contribution in [3.05, 3.63) is 36.2 Å². The van der Waals surface area contributed by atoms with Crippen molar-refractivity contribution in [1.29, 1.82) is 0 Å². The SMILES string of the molecule is CC1(C)CC=C(c2ccncc2)O1. The van der Waals surface area contributed by atoms with Gasteiger partial charge in [0, 0.05) is 24.4 Å². The van der Waals surface area contributed by atoms with Crippen LogP contribution < -0.4 is 0 Å². The summed E-state index contributed by atoms with van der Waals surface area (Å²) in [6.07, 6.45) is 6.68. The van der Waals surface area contributed by atoms with Gasteiger partial charge in [0.1, 0.15) is 11.4 Å². The molecule has 0 radical (unpaired) electrons. The Hall–Kier alpha value is -1.31. The molecule has 1 aromatic heterocycles. The van der Waals surface area contributed by atoms with Gasteiger partial charge in [-0.2, -0.15) is 0 Å². The van der Waals surface area contributed by atoms with Crippen molar-refractivity contribution in [3.63, 3.8) is 0 Å². The molecule has 0 bridgehead atoms. The van der Waals surface area contributed by atoms with Gasteiger partial charge in [-0.05, 0) is 32.1 Å². The molecule has 2 heterocycles. The second-order valence-electron chi connectivity index (χ2n) is 3.87. The molecule has 1 aliphatic rings. The molecule has 0 N–H and O–H groups in total. The molecule has 0 spiro atoms. The Balaban J connectivity index is 2.22. The van der Waals surface area contributed by atoms with E-state index in [0.717, 1.165) is 17.7 Å². The van der Waals surface area contributed by atoms with Gasteiger partial charge >= 0.3 is 0 Å². The highest BCUT2D eigenvalue weighted by atomic mass is 16.5. The molecule has 0 aliphatic carbocycles. The van der Waals surface area contributed by atoms with Gasteiger partial charge in [-0.25, -0.2) is 0 Å². The van der Waals surface area contributed by atoms with Crippen molar-refractivity contribution >= 4 is 5.76 Å². The Labute approximate surface area is 78.3 Å². The summed E-state index contributed by atoms with van der Waals surface area (Å²) in [4.78, 5) is 3.97. The monoisotopic (exact) mass is 175 g/mol. The predicted molar refractivity (Wildman–Crippen MR) is 52.0 cm³/mol. The molecule has 2 nitrogen and oxygen atoms in total. The summed E-state index contributed by atoms with van der Waals surface area (Å²) in [6.45, 7) is 4.19. The summed E-state index contributed by atoms with van der Waals surface area (Å²) in [5, 5.41) is 0. The minimum absolute atomic E-state index is 0.0431. The van der Waals surface area contributed by atoms with E-state index in [9.17, 15) is 0 Å². The molecule has 0 aromatic carbocycles. The van der Waals surface area contributed by atoms with Crippen LogP contribution in [0.4, 0.5) is 0 Å². The van der Waals surface area contributed by atoms with Gasteiger partial charge in [0.2, 0.25) is 0 Å². The van der Waals surface area contributed by atoms with Crippen molar-refractivity contribution in [3.8, 4) is 0 Å². The number of hydrogen-bond acceptors (Lipinski definition) is 2. The van der Waals surface area contributed by atoms with E-state index in [1.807, 2.05) is 12.1 Å². The molecule has 0 fully saturated rings. The van der Waals surface area contributed by atoms with Gasteiger partial charge in [0.25, 0.3) is 0 Å². The zero-order valence-electron chi connectivity index (χ0n) is 7.95. The molecule has 68 valence electrons. The van der Waals surface area contributed by atoms with Crippen LogP contribution in [0.2, 0.25) is 0 Å². The van der Waals surface area contributed by atoms with Gasteiger partial charge < -0.3 is 4.74 Å². The Morgan fingerprint density at radius 2 is 2.00 bits per heavy atom. The molecule has 2 rings (SSSR count). The summed E-state index contributed by atoms with van der Waals surface area (Å²) < 4.78 is 5.77. The minimum atomic E-state index is -0.0431. The fourth-order valence-corrected chi connectivity index (χ4v) is 1.41. The molecule has 0 saturated heterocycles. The van der Waals surface area contributed by atoms with E-state index in [0.29, 0.717) is 0 Å². The first kappa shape index (κ1) is 8.30. The van der Waals surface area contributed by atoms with E-state index in [4.69, 9.17) is 4.74 Å². The van der Waals surface area contributed by atoms with Crippen molar-refractivity contribution in [2.75, 3.05) is 0 Å². The van der Waals surface area contributed by atoms with E-state index in [1.165, 1.54) is 0 Å². The van der Waals surface area contributed by atoms with E-state index in [1.54, 1.807) is 12.4 Å². The normalized spacial score (nSPS) is 19.4. The molecule has 0 amide bonds. The smallest absolute Gasteiger partial charge is 0.123 e. The van der Waals surface area contributed by atoms with Crippen molar-refractivity contribution in [1.82, 2.24) is 4.98 Å². The van der Waals surface area contributed by atoms with Gasteiger partial charge in [0.05, 0.1) is 0 Å². The predicted octanol–water partition coefficient (Wildman–Crippen LogP) is 2.62. The van der Waals surface area contributed by atoms with Crippen molar-refractivity contribution < 1.29 is 4.74 Å². The third-order valence-corrected chi connectivity index (χ3v) is 2.13. The summed E-state index contributed by atoms with van der Waals surface area (Å²) in [5.74, 6) is 0.979. The van der Waals surface area contributed by atoms with Crippen LogP contribution in [0.1, 0.15) is 25.8 Å². The van der Waals surface area contributed by atoms with Crippen LogP contribution >= 0.6 is 0 Å². The summed E-state index contributed by atoms with van der Waals surface area (Å²) >= 11 is 0. The van der Waals surface area contributed by atoms with Gasteiger partial charge in [0.15, 0.2) is 0 Å². The summed E-state index contributed by atoms with van der Waals surface area (Å²) in [6, 6.07) is 3.93. The first-order valence-corrected chi connectivity index (χ1v) is 4.47. The van der Waals surface area contributed by atoms with Crippen LogP contribution in [-0.2, 0) is 4.74 Å². The fourth-order valence-electron chi connectivity index (χ4n) is 1.41. The van der Waals surface area contributed by atoms with Gasteiger partial charge in [-0.15, -0.1) is 0 Å². The highest BCUT2D eigenvalue weighted by Gasteiger charge is 2.26. The molecule has 1 aromatic rings. The van der Waals surface area contributed by atoms with Crippen LogP contribution in [0.15, 0.2) is 30.6 Å². The maximum Gasteiger partial charge on any atom is 0.123 e. The van der Waals surface area contributed by atoms with Crippen molar-refractivity contribution in [2.24, 2.45) is 0 Å². The fraction of sp³-hybridized carbons (Fsp3) is 0.364. The largest absolute Gasteiger partial charge is 0.487 e. The first-order chi connectivity index (χ1) is 6.17. The molecule has 0 atom stereocenters. The number of hydrogen-bond donors (Lipinski definition) is 0. The topological polar surface area (TPSA) is 22.1 Å². The molecular weight excluding hydrogens is 162 g/mol. The maximum absolute atomic E-state index is 5.77. The Morgan fingerprint density at radius 3 is 2.54 bits per heavy atom. The Kier molecular flexibility index (Phi) is 1.83. The van der Waals surface area contributed by atoms with E-state index < -0.39 is 0 Å². The summed E-state index contributed by atoms with van der Waals surface area (Å²) in [7, 11) is 0. The minimum Gasteiger partial charge on any atom is -0.487 e. The van der Waals surface area contributed by atoms with E-state index in [-0.39, 0.29) is 5.60 Å². The number of rotatable bonds is 1. The van der Waals surface area contributed by atoms with E-state index >= 15 is 0 Å². The van der Waals surface area contributed by atoms with Crippen LogP contribution in [0.5, 0.6) is 0 Å². The molecule has 1 aliphatic heterocycles. The molecule has 2 heteroatoms. The van der Waals surface area contributed by atoms with Gasteiger partial charge in [-0.3, -0.25) is 4.98 Å². The molecule has 0 saturated carbocycles. The van der Waals surface area contributed by atoms with Crippen LogP contribution in [0.3, 0.4) is 0 Å². The number of pyridine rings is 1. The lowest BCUT2D eigenvalue weighted by atomic mass is 10.1. The lowest BCUT2D eigenvalue weighted by molar-refractivity contribution is 0.100. The lowest BCUT2D eigenvalue weighted by Crippen LogP contribution is -2.17. The third kappa shape index (κ3) is 1.72. The number of aromatic nitrogens is 1. The summed E-state index contributed by atoms with van der Waals surface area (Å²) in [5.41, 5.74) is 1.07. The van der Waals surface area contributed by atoms with Crippen LogP contribution in [0.25, 0.3) is 5.76 Å². The highest BCUT2D eigenvalue weighted by Crippen LogP contribution is 2.32. The maximum atomic E-state index is 5.77. The zero-order chi connectivity index (χ0) is 9.31. The highest BCUT2D eigenvalue weighted by molar-refractivity contribution is 5.61. The third-order valence-electron chi connectivity index (χ3n) is 2.13. The average molecular weight is 175 g/mol. The molecule has 13 heavy (non-hydrogen) atoms. The second-order valence-corrected chi connectivity index (χ2v) is 3.87. The van der Waals surface area contributed by atoms with Crippen LogP contribution in [0, 0.1) is 0 Å². The molecular formula is C11H13NO. The number of ether oxygens (including phenoxy) is 1. The first-order valence-electron chi connectivity index (χ1n) is 4.47.